The van der Waals surface area contributed by atoms with Crippen LogP contribution in [0, 0.1) is 0 Å². The minimum atomic E-state index is -0.0365. The predicted octanol–water partition coefficient (Wildman–Crippen LogP) is 1.35. The van der Waals surface area contributed by atoms with Crippen LogP contribution in [0.3, 0.4) is 0 Å². The molecule has 6 heteroatoms. The highest BCUT2D eigenvalue weighted by molar-refractivity contribution is 5.80. The summed E-state index contributed by atoms with van der Waals surface area (Å²) in [6, 6.07) is 7.67. The van der Waals surface area contributed by atoms with Crippen LogP contribution < -0.4 is 15.6 Å². The van der Waals surface area contributed by atoms with Crippen molar-refractivity contribution < 1.29 is 9.47 Å². The fourth-order valence-corrected chi connectivity index (χ4v) is 2.90. The van der Waals surface area contributed by atoms with E-state index < -0.39 is 0 Å². The molecule has 130 valence electrons. The standard InChI is InChI=1S/C18H25N3O3/c1-2-24-16-3-4-17-14(12-16)11-15(18(22)20-17)13-19-5-6-21-7-9-23-10-8-21/h3-4,11-12,19H,2,5-10,13H2,1H3,(H,20,22). The lowest BCUT2D eigenvalue weighted by molar-refractivity contribution is 0.0384. The van der Waals surface area contributed by atoms with Crippen LogP contribution in [-0.2, 0) is 11.3 Å². The van der Waals surface area contributed by atoms with E-state index in [-0.39, 0.29) is 5.56 Å². The molecule has 2 N–H and O–H groups in total. The van der Waals surface area contributed by atoms with Crippen LogP contribution in [-0.4, -0.2) is 55.9 Å². The number of rotatable bonds is 7. The molecule has 2 heterocycles. The highest BCUT2D eigenvalue weighted by Gasteiger charge is 2.09. The fraction of sp³-hybridized carbons (Fsp3) is 0.500. The first-order valence-electron chi connectivity index (χ1n) is 8.56. The molecule has 0 amide bonds. The Hall–Kier alpha value is -1.89. The molecular formula is C18H25N3O3. The van der Waals surface area contributed by atoms with Crippen molar-refractivity contribution in [1.29, 1.82) is 0 Å². The number of pyridine rings is 1. The molecule has 0 atom stereocenters. The van der Waals surface area contributed by atoms with Crippen LogP contribution >= 0.6 is 0 Å². The van der Waals surface area contributed by atoms with Crippen molar-refractivity contribution in [2.24, 2.45) is 0 Å². The van der Waals surface area contributed by atoms with Gasteiger partial charge in [-0.2, -0.15) is 0 Å². The number of aromatic nitrogens is 1. The molecule has 1 saturated heterocycles. The summed E-state index contributed by atoms with van der Waals surface area (Å²) < 4.78 is 10.9. The summed E-state index contributed by atoms with van der Waals surface area (Å²) in [5.74, 6) is 0.822. The molecule has 1 aromatic carbocycles. The lowest BCUT2D eigenvalue weighted by Crippen LogP contribution is -2.40. The first-order chi connectivity index (χ1) is 11.8. The minimum absolute atomic E-state index is 0.0365. The summed E-state index contributed by atoms with van der Waals surface area (Å²) in [6.07, 6.45) is 0. The Morgan fingerprint density at radius 2 is 2.12 bits per heavy atom. The summed E-state index contributed by atoms with van der Waals surface area (Å²) in [7, 11) is 0. The Balaban J connectivity index is 1.60. The minimum Gasteiger partial charge on any atom is -0.494 e. The second-order valence-electron chi connectivity index (χ2n) is 5.94. The maximum atomic E-state index is 12.2. The number of nitrogens with one attached hydrogen (secondary N) is 2. The second-order valence-corrected chi connectivity index (χ2v) is 5.94. The molecule has 0 aliphatic carbocycles. The number of fused-ring (bicyclic) bond motifs is 1. The smallest absolute Gasteiger partial charge is 0.252 e. The van der Waals surface area contributed by atoms with Gasteiger partial charge >= 0.3 is 0 Å². The summed E-state index contributed by atoms with van der Waals surface area (Å²) >= 11 is 0. The molecule has 0 spiro atoms. The number of ether oxygens (including phenoxy) is 2. The van der Waals surface area contributed by atoms with Gasteiger partial charge in [-0.15, -0.1) is 0 Å². The van der Waals surface area contributed by atoms with Crippen LogP contribution in [0.15, 0.2) is 29.1 Å². The molecule has 24 heavy (non-hydrogen) atoms. The third-order valence-corrected chi connectivity index (χ3v) is 4.23. The van der Waals surface area contributed by atoms with Crippen molar-refractivity contribution in [3.05, 3.63) is 40.2 Å². The number of benzene rings is 1. The lowest BCUT2D eigenvalue weighted by Gasteiger charge is -2.26. The van der Waals surface area contributed by atoms with Crippen LogP contribution in [0.5, 0.6) is 5.75 Å². The zero-order chi connectivity index (χ0) is 16.8. The topological polar surface area (TPSA) is 66.6 Å². The lowest BCUT2D eigenvalue weighted by atomic mass is 10.1. The van der Waals surface area contributed by atoms with Crippen molar-refractivity contribution >= 4 is 10.9 Å². The van der Waals surface area contributed by atoms with E-state index in [2.05, 4.69) is 15.2 Å². The van der Waals surface area contributed by atoms with Crippen molar-refractivity contribution in [3.8, 4) is 5.75 Å². The molecule has 0 saturated carbocycles. The predicted molar refractivity (Wildman–Crippen MR) is 94.7 cm³/mol. The molecule has 0 unspecified atom stereocenters. The summed E-state index contributed by atoms with van der Waals surface area (Å²) in [5, 5.41) is 4.35. The zero-order valence-electron chi connectivity index (χ0n) is 14.1. The number of nitrogens with zero attached hydrogens (tertiary/aromatic N) is 1. The van der Waals surface area contributed by atoms with E-state index in [4.69, 9.17) is 9.47 Å². The number of hydrogen-bond donors (Lipinski definition) is 2. The molecule has 6 nitrogen and oxygen atoms in total. The van der Waals surface area contributed by atoms with E-state index >= 15 is 0 Å². The van der Waals surface area contributed by atoms with E-state index in [9.17, 15) is 4.79 Å². The maximum absolute atomic E-state index is 12.2. The van der Waals surface area contributed by atoms with E-state index in [1.807, 2.05) is 31.2 Å². The van der Waals surface area contributed by atoms with Crippen LogP contribution in [0.1, 0.15) is 12.5 Å². The molecule has 0 bridgehead atoms. The van der Waals surface area contributed by atoms with Crippen molar-refractivity contribution in [2.45, 2.75) is 13.5 Å². The van der Waals surface area contributed by atoms with E-state index in [1.165, 1.54) is 0 Å². The molecule has 1 aliphatic heterocycles. The van der Waals surface area contributed by atoms with Crippen molar-refractivity contribution in [2.75, 3.05) is 46.0 Å². The van der Waals surface area contributed by atoms with Gasteiger partial charge in [0.2, 0.25) is 0 Å². The SMILES string of the molecule is CCOc1ccc2[nH]c(=O)c(CNCCN3CCOCC3)cc2c1. The van der Waals surface area contributed by atoms with Gasteiger partial charge in [-0.1, -0.05) is 0 Å². The third kappa shape index (κ3) is 4.35. The molecule has 2 aromatic rings. The van der Waals surface area contributed by atoms with Crippen LogP contribution in [0.25, 0.3) is 10.9 Å². The number of morpholine rings is 1. The highest BCUT2D eigenvalue weighted by atomic mass is 16.5. The van der Waals surface area contributed by atoms with Crippen molar-refractivity contribution in [3.63, 3.8) is 0 Å². The van der Waals surface area contributed by atoms with Crippen LogP contribution in [0.4, 0.5) is 0 Å². The molecule has 1 aromatic heterocycles. The Morgan fingerprint density at radius 3 is 2.92 bits per heavy atom. The fourth-order valence-electron chi connectivity index (χ4n) is 2.90. The summed E-state index contributed by atoms with van der Waals surface area (Å²) in [4.78, 5) is 17.5. The van der Waals surface area contributed by atoms with Gasteiger partial charge in [-0.05, 0) is 31.2 Å². The maximum Gasteiger partial charge on any atom is 0.252 e. The zero-order valence-corrected chi connectivity index (χ0v) is 14.1. The molecule has 1 fully saturated rings. The largest absolute Gasteiger partial charge is 0.494 e. The quantitative estimate of drug-likeness (QED) is 0.750. The molecular weight excluding hydrogens is 306 g/mol. The monoisotopic (exact) mass is 331 g/mol. The van der Waals surface area contributed by atoms with Gasteiger partial charge in [0.15, 0.2) is 0 Å². The van der Waals surface area contributed by atoms with Gasteiger partial charge in [0.05, 0.1) is 19.8 Å². The van der Waals surface area contributed by atoms with Crippen LogP contribution in [0.2, 0.25) is 0 Å². The number of hydrogen-bond acceptors (Lipinski definition) is 5. The molecule has 3 rings (SSSR count). The Labute approximate surface area is 141 Å². The molecule has 0 radical (unpaired) electrons. The van der Waals surface area contributed by atoms with E-state index in [0.717, 1.165) is 61.6 Å². The summed E-state index contributed by atoms with van der Waals surface area (Å²) in [6.45, 7) is 8.58. The first-order valence-corrected chi connectivity index (χ1v) is 8.56. The van der Waals surface area contributed by atoms with Gasteiger partial charge < -0.3 is 19.8 Å². The third-order valence-electron chi connectivity index (χ3n) is 4.23. The normalized spacial score (nSPS) is 15.7. The van der Waals surface area contributed by atoms with E-state index in [1.54, 1.807) is 0 Å². The van der Waals surface area contributed by atoms with Gasteiger partial charge in [0, 0.05) is 49.2 Å². The van der Waals surface area contributed by atoms with E-state index in [0.29, 0.717) is 13.2 Å². The van der Waals surface area contributed by atoms with Gasteiger partial charge in [0.25, 0.3) is 5.56 Å². The highest BCUT2D eigenvalue weighted by Crippen LogP contribution is 2.19. The van der Waals surface area contributed by atoms with Gasteiger partial charge in [-0.25, -0.2) is 0 Å². The Morgan fingerprint density at radius 1 is 1.29 bits per heavy atom. The van der Waals surface area contributed by atoms with Gasteiger partial charge in [0.1, 0.15) is 5.75 Å². The van der Waals surface area contributed by atoms with Gasteiger partial charge in [-0.3, -0.25) is 9.69 Å². The number of aromatic amines is 1. The first kappa shape index (κ1) is 17.0. The average Bonchev–Trinajstić information content (AvgIpc) is 2.60. The second kappa shape index (κ2) is 8.28. The summed E-state index contributed by atoms with van der Waals surface area (Å²) in [5.41, 5.74) is 1.55. The molecule has 1 aliphatic rings. The Kier molecular flexibility index (Phi) is 5.85. The Bertz CT molecular complexity index is 723. The average molecular weight is 331 g/mol. The van der Waals surface area contributed by atoms with Crippen molar-refractivity contribution in [1.82, 2.24) is 15.2 Å². The number of H-pyrrole nitrogens is 1.